The molecule has 0 saturated heterocycles. The molecule has 2 aromatic rings. The lowest BCUT2D eigenvalue weighted by Gasteiger charge is -1.99. The first-order chi connectivity index (χ1) is 6.20. The number of halogens is 2. The van der Waals surface area contributed by atoms with Gasteiger partial charge in [-0.2, -0.15) is 5.10 Å². The maximum Gasteiger partial charge on any atom is 0.273 e. The number of aromatic nitrogens is 2. The van der Waals surface area contributed by atoms with Crippen LogP contribution in [0.25, 0.3) is 10.8 Å². The number of H-pyrrole nitrogens is 1. The summed E-state index contributed by atoms with van der Waals surface area (Å²) in [5.74, 6) is 0. The third kappa shape index (κ3) is 1.36. The topological polar surface area (TPSA) is 45.8 Å². The Hall–Kier alpha value is -0.870. The molecule has 5 heteroatoms. The van der Waals surface area contributed by atoms with Crippen molar-refractivity contribution in [2.24, 2.45) is 0 Å². The quantitative estimate of drug-likeness (QED) is 0.789. The van der Waals surface area contributed by atoms with Crippen LogP contribution in [-0.2, 0) is 0 Å². The van der Waals surface area contributed by atoms with Gasteiger partial charge in [0.2, 0.25) is 0 Å². The van der Waals surface area contributed by atoms with Gasteiger partial charge in [0.15, 0.2) is 0 Å². The molecule has 0 amide bonds. The van der Waals surface area contributed by atoms with Gasteiger partial charge in [-0.1, -0.05) is 17.7 Å². The number of hydrogen-bond acceptors (Lipinski definition) is 2. The molecule has 0 aliphatic carbocycles. The monoisotopic (exact) mass is 258 g/mol. The van der Waals surface area contributed by atoms with Crippen LogP contribution in [0.4, 0.5) is 0 Å². The Kier molecular flexibility index (Phi) is 2.09. The van der Waals surface area contributed by atoms with Crippen LogP contribution in [0.3, 0.4) is 0 Å². The third-order valence-corrected chi connectivity index (χ3v) is 3.01. The SMILES string of the molecule is O=c1[nH]ncc2ccc(Br)c(Cl)c12. The second-order valence-electron chi connectivity index (χ2n) is 2.52. The summed E-state index contributed by atoms with van der Waals surface area (Å²) in [6.45, 7) is 0. The summed E-state index contributed by atoms with van der Waals surface area (Å²) in [7, 11) is 0. The second kappa shape index (κ2) is 3.12. The fraction of sp³-hybridized carbons (Fsp3) is 0. The Morgan fingerprint density at radius 2 is 2.23 bits per heavy atom. The first-order valence-corrected chi connectivity index (χ1v) is 4.68. The van der Waals surface area contributed by atoms with Crippen molar-refractivity contribution in [3.63, 3.8) is 0 Å². The molecule has 0 saturated carbocycles. The Balaban J connectivity index is 3.06. The van der Waals surface area contributed by atoms with E-state index in [1.54, 1.807) is 18.3 Å². The predicted molar refractivity (Wildman–Crippen MR) is 55.1 cm³/mol. The fourth-order valence-electron chi connectivity index (χ4n) is 1.12. The van der Waals surface area contributed by atoms with Crippen molar-refractivity contribution in [1.82, 2.24) is 10.2 Å². The lowest BCUT2D eigenvalue weighted by molar-refractivity contribution is 1.01. The van der Waals surface area contributed by atoms with E-state index in [1.807, 2.05) is 0 Å². The fourth-order valence-corrected chi connectivity index (χ4v) is 1.71. The van der Waals surface area contributed by atoms with Crippen LogP contribution in [0.1, 0.15) is 0 Å². The molecule has 2 rings (SSSR count). The van der Waals surface area contributed by atoms with E-state index in [-0.39, 0.29) is 5.56 Å². The first kappa shape index (κ1) is 8.72. The van der Waals surface area contributed by atoms with E-state index < -0.39 is 0 Å². The zero-order valence-electron chi connectivity index (χ0n) is 6.34. The summed E-state index contributed by atoms with van der Waals surface area (Å²) in [5, 5.41) is 7.62. The van der Waals surface area contributed by atoms with E-state index >= 15 is 0 Å². The summed E-state index contributed by atoms with van der Waals surface area (Å²) >= 11 is 9.18. The van der Waals surface area contributed by atoms with E-state index in [1.165, 1.54) is 0 Å². The number of nitrogens with one attached hydrogen (secondary N) is 1. The highest BCUT2D eigenvalue weighted by atomic mass is 79.9. The molecule has 1 heterocycles. The average molecular weight is 259 g/mol. The molecule has 0 atom stereocenters. The van der Waals surface area contributed by atoms with Crippen LogP contribution in [0.15, 0.2) is 27.6 Å². The number of fused-ring (bicyclic) bond motifs is 1. The highest BCUT2D eigenvalue weighted by molar-refractivity contribution is 9.10. The van der Waals surface area contributed by atoms with E-state index in [0.29, 0.717) is 14.9 Å². The van der Waals surface area contributed by atoms with Crippen LogP contribution in [0.2, 0.25) is 5.02 Å². The lowest BCUT2D eigenvalue weighted by Crippen LogP contribution is -2.07. The molecule has 0 radical (unpaired) electrons. The van der Waals surface area contributed by atoms with Crippen LogP contribution >= 0.6 is 27.5 Å². The molecule has 0 unspecified atom stereocenters. The average Bonchev–Trinajstić information content (AvgIpc) is 2.12. The van der Waals surface area contributed by atoms with Gasteiger partial charge in [-0.15, -0.1) is 0 Å². The molecule has 0 bridgehead atoms. The summed E-state index contributed by atoms with van der Waals surface area (Å²) in [5.41, 5.74) is -0.274. The van der Waals surface area contributed by atoms with Gasteiger partial charge in [0.1, 0.15) is 0 Å². The Morgan fingerprint density at radius 3 is 3.00 bits per heavy atom. The normalized spacial score (nSPS) is 10.6. The van der Waals surface area contributed by atoms with Gasteiger partial charge in [-0.25, -0.2) is 5.10 Å². The number of benzene rings is 1. The van der Waals surface area contributed by atoms with Crippen LogP contribution < -0.4 is 5.56 Å². The third-order valence-electron chi connectivity index (χ3n) is 1.72. The zero-order chi connectivity index (χ0) is 9.42. The predicted octanol–water partition coefficient (Wildman–Crippen LogP) is 2.34. The first-order valence-electron chi connectivity index (χ1n) is 3.51. The molecule has 0 aliphatic rings. The minimum atomic E-state index is -0.274. The minimum Gasteiger partial charge on any atom is -0.267 e. The number of aromatic amines is 1. The smallest absolute Gasteiger partial charge is 0.267 e. The number of hydrogen-bond donors (Lipinski definition) is 1. The molecule has 66 valence electrons. The minimum absolute atomic E-state index is 0.274. The van der Waals surface area contributed by atoms with E-state index in [9.17, 15) is 4.79 Å². The summed E-state index contributed by atoms with van der Waals surface area (Å²) in [6.07, 6.45) is 1.56. The molecule has 3 nitrogen and oxygen atoms in total. The highest BCUT2D eigenvalue weighted by Crippen LogP contribution is 2.27. The van der Waals surface area contributed by atoms with E-state index in [2.05, 4.69) is 26.1 Å². The molecular formula is C8H4BrClN2O. The molecule has 1 N–H and O–H groups in total. The van der Waals surface area contributed by atoms with Gasteiger partial charge in [0, 0.05) is 9.86 Å². The molecule has 0 fully saturated rings. The van der Waals surface area contributed by atoms with Gasteiger partial charge < -0.3 is 0 Å². The van der Waals surface area contributed by atoms with Crippen LogP contribution in [0, 0.1) is 0 Å². The Bertz CT molecular complexity index is 523. The Morgan fingerprint density at radius 1 is 1.46 bits per heavy atom. The number of nitrogens with zero attached hydrogens (tertiary/aromatic N) is 1. The van der Waals surface area contributed by atoms with Crippen molar-refractivity contribution < 1.29 is 0 Å². The molecular weight excluding hydrogens is 255 g/mol. The van der Waals surface area contributed by atoms with Gasteiger partial charge >= 0.3 is 0 Å². The second-order valence-corrected chi connectivity index (χ2v) is 3.76. The summed E-state index contributed by atoms with van der Waals surface area (Å²) in [6, 6.07) is 3.57. The Labute approximate surface area is 86.9 Å². The summed E-state index contributed by atoms with van der Waals surface area (Å²) < 4.78 is 0.707. The van der Waals surface area contributed by atoms with Crippen molar-refractivity contribution in [2.75, 3.05) is 0 Å². The van der Waals surface area contributed by atoms with Gasteiger partial charge in [-0.3, -0.25) is 4.79 Å². The van der Waals surface area contributed by atoms with Gasteiger partial charge in [-0.05, 0) is 22.0 Å². The molecule has 1 aromatic carbocycles. The maximum atomic E-state index is 11.3. The lowest BCUT2D eigenvalue weighted by atomic mass is 10.2. The molecule has 0 aliphatic heterocycles. The number of rotatable bonds is 0. The summed E-state index contributed by atoms with van der Waals surface area (Å²) in [4.78, 5) is 11.3. The van der Waals surface area contributed by atoms with E-state index in [0.717, 1.165) is 5.39 Å². The standard InChI is InChI=1S/C8H4BrClN2O/c9-5-2-1-4-3-11-12-8(13)6(4)7(5)10/h1-3H,(H,12,13). The molecule has 0 spiro atoms. The van der Waals surface area contributed by atoms with Gasteiger partial charge in [0.05, 0.1) is 16.6 Å². The largest absolute Gasteiger partial charge is 0.273 e. The molecule has 13 heavy (non-hydrogen) atoms. The van der Waals surface area contributed by atoms with Crippen molar-refractivity contribution in [3.05, 3.63) is 38.2 Å². The van der Waals surface area contributed by atoms with Crippen molar-refractivity contribution >= 4 is 38.3 Å². The molecule has 1 aromatic heterocycles. The van der Waals surface area contributed by atoms with Gasteiger partial charge in [0.25, 0.3) is 5.56 Å². The van der Waals surface area contributed by atoms with Crippen LogP contribution in [-0.4, -0.2) is 10.2 Å². The van der Waals surface area contributed by atoms with Crippen molar-refractivity contribution in [2.45, 2.75) is 0 Å². The zero-order valence-corrected chi connectivity index (χ0v) is 8.69. The van der Waals surface area contributed by atoms with Crippen molar-refractivity contribution in [1.29, 1.82) is 0 Å². The van der Waals surface area contributed by atoms with Crippen LogP contribution in [0.5, 0.6) is 0 Å². The van der Waals surface area contributed by atoms with Crippen molar-refractivity contribution in [3.8, 4) is 0 Å². The maximum absolute atomic E-state index is 11.3. The van der Waals surface area contributed by atoms with E-state index in [4.69, 9.17) is 11.6 Å². The highest BCUT2D eigenvalue weighted by Gasteiger charge is 2.06.